The van der Waals surface area contributed by atoms with Crippen molar-refractivity contribution in [2.45, 2.75) is 52.1 Å². The molecule has 1 amide bonds. The lowest BCUT2D eigenvalue weighted by atomic mass is 9.86. The molecule has 0 radical (unpaired) electrons. The van der Waals surface area contributed by atoms with Crippen molar-refractivity contribution in [2.75, 3.05) is 7.11 Å². The van der Waals surface area contributed by atoms with Crippen molar-refractivity contribution < 1.29 is 14.3 Å². The third-order valence-electron chi connectivity index (χ3n) is 6.27. The molecule has 0 aliphatic heterocycles. The average molecular weight is 452 g/mol. The summed E-state index contributed by atoms with van der Waals surface area (Å²) in [6.07, 6.45) is 6.98. The molecule has 32 heavy (non-hydrogen) atoms. The van der Waals surface area contributed by atoms with Gasteiger partial charge in [0.1, 0.15) is 0 Å². The Morgan fingerprint density at radius 1 is 1.09 bits per heavy atom. The van der Waals surface area contributed by atoms with Crippen LogP contribution in [0.5, 0.6) is 0 Å². The molecule has 168 valence electrons. The normalized spacial score (nSPS) is 18.3. The van der Waals surface area contributed by atoms with E-state index in [1.54, 1.807) is 11.3 Å². The Balaban J connectivity index is 1.46. The average Bonchev–Trinajstić information content (AvgIpc) is 3.38. The molecule has 2 heterocycles. The number of hydrogen-bond donors (Lipinski definition) is 1. The van der Waals surface area contributed by atoms with Gasteiger partial charge in [-0.3, -0.25) is 14.3 Å². The minimum atomic E-state index is -0.143. The first-order chi connectivity index (χ1) is 15.5. The van der Waals surface area contributed by atoms with Crippen LogP contribution in [0.2, 0.25) is 0 Å². The molecular weight excluding hydrogens is 422 g/mol. The van der Waals surface area contributed by atoms with E-state index >= 15 is 0 Å². The van der Waals surface area contributed by atoms with Crippen LogP contribution in [0.4, 0.5) is 0 Å². The quantitative estimate of drug-likeness (QED) is 0.550. The van der Waals surface area contributed by atoms with Gasteiger partial charge < -0.3 is 10.1 Å². The summed E-state index contributed by atoms with van der Waals surface area (Å²) < 4.78 is 6.76. The molecular formula is C25H29N3O3S. The first-order valence-electron chi connectivity index (χ1n) is 11.0. The zero-order valence-electron chi connectivity index (χ0n) is 18.8. The lowest BCUT2D eigenvalue weighted by Gasteiger charge is -2.27. The Kier molecular flexibility index (Phi) is 6.74. The minimum absolute atomic E-state index is 0.0289. The van der Waals surface area contributed by atoms with E-state index in [1.807, 2.05) is 42.2 Å². The number of ether oxygens (including phenoxy) is 1. The van der Waals surface area contributed by atoms with Crippen LogP contribution < -0.4 is 5.32 Å². The molecule has 0 bridgehead atoms. The number of methoxy groups -OCH3 is 1. The van der Waals surface area contributed by atoms with E-state index in [0.29, 0.717) is 6.54 Å². The molecule has 7 heteroatoms. The third-order valence-corrected chi connectivity index (χ3v) is 7.33. The Labute approximate surface area is 192 Å². The second-order valence-corrected chi connectivity index (χ2v) is 9.83. The van der Waals surface area contributed by atoms with Crippen molar-refractivity contribution in [3.8, 4) is 11.1 Å². The van der Waals surface area contributed by atoms with E-state index < -0.39 is 0 Å². The molecule has 4 rings (SSSR count). The van der Waals surface area contributed by atoms with Gasteiger partial charge >= 0.3 is 5.97 Å². The maximum atomic E-state index is 13.2. The van der Waals surface area contributed by atoms with Crippen LogP contribution >= 0.6 is 11.3 Å². The second-order valence-electron chi connectivity index (χ2n) is 8.41. The van der Waals surface area contributed by atoms with Crippen LogP contribution in [0.3, 0.4) is 0 Å². The first-order valence-corrected chi connectivity index (χ1v) is 11.8. The number of rotatable bonds is 6. The van der Waals surface area contributed by atoms with Gasteiger partial charge in [-0.1, -0.05) is 30.3 Å². The highest BCUT2D eigenvalue weighted by atomic mass is 32.1. The predicted molar refractivity (Wildman–Crippen MR) is 126 cm³/mol. The summed E-state index contributed by atoms with van der Waals surface area (Å²) in [7, 11) is 1.43. The van der Waals surface area contributed by atoms with Crippen LogP contribution in [-0.4, -0.2) is 34.8 Å². The van der Waals surface area contributed by atoms with Gasteiger partial charge in [-0.05, 0) is 45.1 Å². The number of benzene rings is 1. The van der Waals surface area contributed by atoms with Crippen molar-refractivity contribution in [1.82, 2.24) is 15.1 Å². The molecule has 1 saturated carbocycles. The summed E-state index contributed by atoms with van der Waals surface area (Å²) in [5.74, 6) is -0.221. The molecule has 1 aromatic carbocycles. The van der Waals surface area contributed by atoms with Crippen LogP contribution in [0.1, 0.15) is 51.4 Å². The number of carbonyl (C=O) groups is 2. The monoisotopic (exact) mass is 451 g/mol. The molecule has 6 nitrogen and oxygen atoms in total. The maximum absolute atomic E-state index is 13.2. The van der Waals surface area contributed by atoms with Gasteiger partial charge in [0.2, 0.25) is 0 Å². The van der Waals surface area contributed by atoms with E-state index in [4.69, 9.17) is 4.74 Å². The van der Waals surface area contributed by atoms with Crippen LogP contribution in [0.25, 0.3) is 11.1 Å². The molecule has 1 fully saturated rings. The van der Waals surface area contributed by atoms with Gasteiger partial charge in [0.05, 0.1) is 31.3 Å². The third kappa shape index (κ3) is 4.78. The summed E-state index contributed by atoms with van der Waals surface area (Å²) in [4.78, 5) is 27.1. The Morgan fingerprint density at radius 2 is 1.81 bits per heavy atom. The topological polar surface area (TPSA) is 73.2 Å². The van der Waals surface area contributed by atoms with Crippen molar-refractivity contribution in [3.63, 3.8) is 0 Å². The number of nitrogens with zero attached hydrogens (tertiary/aromatic N) is 2. The lowest BCUT2D eigenvalue weighted by molar-refractivity contribution is -0.146. The van der Waals surface area contributed by atoms with E-state index in [0.717, 1.165) is 57.7 Å². The molecule has 1 N–H and O–H groups in total. The fourth-order valence-electron chi connectivity index (χ4n) is 4.51. The molecule has 1 aliphatic carbocycles. The molecule has 3 aromatic rings. The SMILES string of the molecule is COC(=O)C1CCC(NC(=O)c2c(C)sc(C)c2Cn2cc(-c3ccccc3)cn2)CC1. The number of thiophene rings is 1. The Hall–Kier alpha value is -2.93. The number of esters is 1. The van der Waals surface area contributed by atoms with Gasteiger partial charge in [-0.2, -0.15) is 5.10 Å². The minimum Gasteiger partial charge on any atom is -0.469 e. The fourth-order valence-corrected chi connectivity index (χ4v) is 5.57. The van der Waals surface area contributed by atoms with Crippen LogP contribution in [0, 0.1) is 19.8 Å². The van der Waals surface area contributed by atoms with E-state index in [9.17, 15) is 9.59 Å². The van der Waals surface area contributed by atoms with Gasteiger partial charge in [-0.25, -0.2) is 0 Å². The van der Waals surface area contributed by atoms with E-state index in [1.165, 1.54) is 7.11 Å². The van der Waals surface area contributed by atoms with Crippen molar-refractivity contribution in [1.29, 1.82) is 0 Å². The van der Waals surface area contributed by atoms with Crippen molar-refractivity contribution in [2.24, 2.45) is 5.92 Å². The largest absolute Gasteiger partial charge is 0.469 e. The van der Waals surface area contributed by atoms with Crippen molar-refractivity contribution in [3.05, 3.63) is 63.6 Å². The zero-order valence-corrected chi connectivity index (χ0v) is 19.6. The highest BCUT2D eigenvalue weighted by Gasteiger charge is 2.29. The van der Waals surface area contributed by atoms with E-state index in [-0.39, 0.29) is 23.8 Å². The highest BCUT2D eigenvalue weighted by Crippen LogP contribution is 2.30. The maximum Gasteiger partial charge on any atom is 0.308 e. The van der Waals surface area contributed by atoms with Crippen LogP contribution in [0.15, 0.2) is 42.7 Å². The number of carbonyl (C=O) groups excluding carboxylic acids is 2. The van der Waals surface area contributed by atoms with Gasteiger partial charge in [0.25, 0.3) is 5.91 Å². The standard InChI is InChI=1S/C25H29N3O3S/c1-16-22(15-28-14-20(13-26-28)18-7-5-4-6-8-18)23(17(2)32-16)24(29)27-21-11-9-19(10-12-21)25(30)31-3/h4-8,13-14,19,21H,9-12,15H2,1-3H3,(H,27,29). The predicted octanol–water partition coefficient (Wildman–Crippen LogP) is 4.74. The number of amides is 1. The van der Waals surface area contributed by atoms with E-state index in [2.05, 4.69) is 29.5 Å². The molecule has 0 spiro atoms. The number of hydrogen-bond acceptors (Lipinski definition) is 5. The van der Waals surface area contributed by atoms with Crippen LogP contribution in [-0.2, 0) is 16.1 Å². The summed E-state index contributed by atoms with van der Waals surface area (Å²) in [5.41, 5.74) is 3.97. The second kappa shape index (κ2) is 9.69. The van der Waals surface area contributed by atoms with Gasteiger partial charge in [0, 0.05) is 33.1 Å². The first kappa shape index (κ1) is 22.3. The molecule has 0 saturated heterocycles. The molecule has 0 atom stereocenters. The fraction of sp³-hybridized carbons (Fsp3) is 0.400. The van der Waals surface area contributed by atoms with Crippen molar-refractivity contribution >= 4 is 23.2 Å². The Bertz CT molecular complexity index is 1100. The molecule has 0 unspecified atom stereocenters. The number of nitrogens with one attached hydrogen (secondary N) is 1. The zero-order chi connectivity index (χ0) is 22.7. The smallest absolute Gasteiger partial charge is 0.308 e. The summed E-state index contributed by atoms with van der Waals surface area (Å²) >= 11 is 1.65. The molecule has 2 aromatic heterocycles. The highest BCUT2D eigenvalue weighted by molar-refractivity contribution is 7.12. The Morgan fingerprint density at radius 3 is 2.50 bits per heavy atom. The number of aromatic nitrogens is 2. The number of aryl methyl sites for hydroxylation is 2. The van der Waals surface area contributed by atoms with Gasteiger partial charge in [0.15, 0.2) is 0 Å². The summed E-state index contributed by atoms with van der Waals surface area (Å²) in [5, 5.41) is 7.74. The molecule has 1 aliphatic rings. The summed E-state index contributed by atoms with van der Waals surface area (Å²) in [6.45, 7) is 4.62. The summed E-state index contributed by atoms with van der Waals surface area (Å²) in [6, 6.07) is 10.2. The van der Waals surface area contributed by atoms with Gasteiger partial charge in [-0.15, -0.1) is 11.3 Å². The lowest BCUT2D eigenvalue weighted by Crippen LogP contribution is -2.39.